The quantitative estimate of drug-likeness (QED) is 0.0797. The van der Waals surface area contributed by atoms with Crippen LogP contribution in [0.15, 0.2) is 0 Å². The van der Waals surface area contributed by atoms with Crippen LogP contribution >= 0.6 is 31.7 Å². The molecular weight excluding hydrogens is 976 g/mol. The minimum Gasteiger partial charge on any atom is -0.693 e. The molecule has 0 saturated heterocycles. The van der Waals surface area contributed by atoms with Gasteiger partial charge in [0.15, 0.2) is 0 Å². The van der Waals surface area contributed by atoms with E-state index in [1.807, 2.05) is 83.1 Å². The van der Waals surface area contributed by atoms with Crippen LogP contribution in [0, 0.1) is 71.0 Å². The number of hydrogen-bond donors (Lipinski definition) is 0. The van der Waals surface area contributed by atoms with E-state index < -0.39 is 0 Å². The molecule has 60 heavy (non-hydrogen) atoms. The zero-order chi connectivity index (χ0) is 43.6. The molecule has 0 aromatic rings. The maximum absolute atomic E-state index is 6.60. The van der Waals surface area contributed by atoms with Crippen LogP contribution in [0.3, 0.4) is 0 Å². The Morgan fingerprint density at radius 1 is 0.267 bits per heavy atom. The molecule has 12 heteroatoms. The Morgan fingerprint density at radius 2 is 0.317 bits per heavy atom. The normalized spacial score (nSPS) is 8.93. The van der Waals surface area contributed by atoms with Gasteiger partial charge in [-0.3, -0.25) is 0 Å². The maximum Gasteiger partial charge on any atom is 2.00 e. The van der Waals surface area contributed by atoms with E-state index in [1.165, 1.54) is 73.9 Å². The molecule has 0 unspecified atom stereocenters. The van der Waals surface area contributed by atoms with Crippen LogP contribution < -0.4 is 0 Å². The fourth-order valence-electron chi connectivity index (χ4n) is 2.68. The van der Waals surface area contributed by atoms with Gasteiger partial charge in [0.05, 0.1) is 0 Å². The van der Waals surface area contributed by atoms with Crippen molar-refractivity contribution in [1.29, 1.82) is 0 Å². The molecule has 370 valence electrons. The Morgan fingerprint density at radius 3 is 0.317 bits per heavy atom. The fourth-order valence-corrected chi connectivity index (χ4v) is 8.05. The monoisotopic (exact) mass is 1080 g/mol. The van der Waals surface area contributed by atoms with E-state index in [9.17, 15) is 0 Å². The van der Waals surface area contributed by atoms with E-state index in [0.717, 1.165) is 0 Å². The van der Waals surface area contributed by atoms with Gasteiger partial charge in [0.25, 0.3) is 0 Å². The van der Waals surface area contributed by atoms with Gasteiger partial charge >= 0.3 is 17.1 Å². The zero-order valence-electron chi connectivity index (χ0n) is 44.1. The summed E-state index contributed by atoms with van der Waals surface area (Å²) in [6.07, 6.45) is 43.4. The van der Waals surface area contributed by atoms with Crippen molar-refractivity contribution in [3.8, 4) is 23.7 Å². The molecule has 0 spiro atoms. The van der Waals surface area contributed by atoms with Gasteiger partial charge < -0.3 is 74.0 Å². The first-order valence-electron chi connectivity index (χ1n) is 20.3. The average Bonchev–Trinajstić information content (AvgIpc) is 3.08. The van der Waals surface area contributed by atoms with Crippen LogP contribution in [0.25, 0.3) is 24.6 Å². The van der Waals surface area contributed by atoms with Crippen molar-refractivity contribution >= 4 is 31.7 Å². The van der Waals surface area contributed by atoms with Crippen molar-refractivity contribution in [3.63, 3.8) is 0 Å². The topological polar surface area (TPSA) is 134 Å². The standard InChI is InChI=1S/4C6H15P.4C6H9.4Mn.4H2N/c4*1-4-7(5-2)6-3;4*1-5-6(2,3)4;;;;;;;;/h4*4-6H2,1-3H3;4*2-4H3;;;;;4*1H2/q;;;;4*-1;;;;+2;4*-1. The fraction of sp³-hybridized carbons (Fsp3) is 0.833. The van der Waals surface area contributed by atoms with Crippen molar-refractivity contribution < 1.29 is 68.3 Å². The predicted molar refractivity (Wildman–Crippen MR) is 282 cm³/mol. The molecule has 8 N–H and O–H groups in total. The van der Waals surface area contributed by atoms with Gasteiger partial charge in [-0.1, -0.05) is 166 Å². The Balaban J connectivity index is -0.0000000259. The van der Waals surface area contributed by atoms with Gasteiger partial charge in [0.1, 0.15) is 0 Å². The van der Waals surface area contributed by atoms with Gasteiger partial charge in [-0.05, 0) is 95.6 Å². The first-order chi connectivity index (χ1) is 23.6. The number of nitrogens with two attached hydrogens (primary N) is 4. The largest absolute Gasteiger partial charge is 2.00 e. The van der Waals surface area contributed by atoms with Crippen LogP contribution in [0.4, 0.5) is 0 Å². The SMILES string of the molecule is CCP(CC)CC.CCP(CC)CC.CCP(CC)CC.CCP(CC)CC.[C-]#CC(C)(C)C.[C-]#CC(C)(C)C.[C-]#CC(C)(C)C.[C-]#CC(C)(C)C.[Mn+2].[Mn].[Mn].[Mn].[NH2-].[NH2-].[NH2-].[NH2-]. The Labute approximate surface area is 432 Å². The molecule has 0 rings (SSSR count). The van der Waals surface area contributed by atoms with E-state index in [-0.39, 0.29) is 115 Å². The van der Waals surface area contributed by atoms with Crippen LogP contribution in [0.2, 0.25) is 0 Å². The van der Waals surface area contributed by atoms with Crippen molar-refractivity contribution in [2.24, 2.45) is 21.7 Å². The summed E-state index contributed by atoms with van der Waals surface area (Å²) in [6.45, 7) is 50.8. The molecule has 0 aromatic heterocycles. The zero-order valence-corrected chi connectivity index (χ0v) is 52.4. The van der Waals surface area contributed by atoms with Crippen LogP contribution in [-0.4, -0.2) is 73.9 Å². The number of hydrogen-bond acceptors (Lipinski definition) is 0. The molecule has 0 atom stereocenters. The van der Waals surface area contributed by atoms with Gasteiger partial charge in [0, 0.05) is 51.2 Å². The molecule has 4 nitrogen and oxygen atoms in total. The Kier molecular flexibility index (Phi) is 137. The van der Waals surface area contributed by atoms with E-state index in [0.29, 0.717) is 31.7 Å². The Hall–Kier alpha value is 1.88. The van der Waals surface area contributed by atoms with Crippen molar-refractivity contribution in [2.45, 2.75) is 166 Å². The van der Waals surface area contributed by atoms with Gasteiger partial charge in [-0.2, -0.15) is 0 Å². The molecule has 0 aliphatic rings. The summed E-state index contributed by atoms with van der Waals surface area (Å²) < 4.78 is 0. The summed E-state index contributed by atoms with van der Waals surface area (Å²) >= 11 is 0. The smallest absolute Gasteiger partial charge is 0.693 e. The predicted octanol–water partition coefficient (Wildman–Crippen LogP) is 19.5. The molecule has 0 saturated carbocycles. The molecule has 0 aliphatic heterocycles. The molecule has 0 fully saturated rings. The van der Waals surface area contributed by atoms with E-state index in [1.54, 1.807) is 0 Å². The molecule has 4 radical (unpaired) electrons. The third-order valence-corrected chi connectivity index (χ3v) is 17.6. The maximum atomic E-state index is 6.60. The third kappa shape index (κ3) is 145. The van der Waals surface area contributed by atoms with E-state index >= 15 is 0 Å². The molecule has 0 heterocycles. The molecule has 0 aromatic carbocycles. The first kappa shape index (κ1) is 109. The third-order valence-electron chi connectivity index (χ3n) is 6.87. The molecular formula is C48H104Mn4N4P4-6. The van der Waals surface area contributed by atoms with Crippen molar-refractivity contribution in [3.05, 3.63) is 50.3 Å². The minimum absolute atomic E-state index is 0. The Bertz CT molecular complexity index is 693. The van der Waals surface area contributed by atoms with Crippen LogP contribution in [0.1, 0.15) is 166 Å². The van der Waals surface area contributed by atoms with Crippen molar-refractivity contribution in [2.75, 3.05) is 73.9 Å². The average molecular weight is 1080 g/mol. The van der Waals surface area contributed by atoms with E-state index in [2.05, 4.69) is 107 Å². The van der Waals surface area contributed by atoms with Gasteiger partial charge in [0.2, 0.25) is 0 Å². The van der Waals surface area contributed by atoms with Gasteiger partial charge in [-0.25, -0.2) is 0 Å². The second kappa shape index (κ2) is 75.2. The van der Waals surface area contributed by atoms with E-state index in [4.69, 9.17) is 25.7 Å². The summed E-state index contributed by atoms with van der Waals surface area (Å²) in [7, 11) is 1.78. The van der Waals surface area contributed by atoms with Crippen molar-refractivity contribution in [1.82, 2.24) is 0 Å². The molecule has 0 bridgehead atoms. The molecule has 0 aliphatic carbocycles. The molecule has 0 amide bonds. The summed E-state index contributed by atoms with van der Waals surface area (Å²) in [5.74, 6) is 9.42. The summed E-state index contributed by atoms with van der Waals surface area (Å²) in [5.41, 5.74) is -0.167. The summed E-state index contributed by atoms with van der Waals surface area (Å²) in [5, 5.41) is 0. The van der Waals surface area contributed by atoms with Gasteiger partial charge in [-0.15, -0.1) is 31.7 Å². The van der Waals surface area contributed by atoms with Crippen LogP contribution in [-0.2, 0) is 68.3 Å². The number of rotatable bonds is 12. The second-order valence-corrected chi connectivity index (χ2v) is 28.9. The van der Waals surface area contributed by atoms with Crippen LogP contribution in [0.5, 0.6) is 0 Å². The second-order valence-electron chi connectivity index (χ2n) is 16.0. The minimum atomic E-state index is -0.0417. The summed E-state index contributed by atoms with van der Waals surface area (Å²) in [4.78, 5) is 0. The summed E-state index contributed by atoms with van der Waals surface area (Å²) in [6, 6.07) is 0. The first-order valence-corrected chi connectivity index (χ1v) is 27.9.